The Morgan fingerprint density at radius 2 is 2.13 bits per heavy atom. The first-order chi connectivity index (χ1) is 7.16. The van der Waals surface area contributed by atoms with E-state index in [-0.39, 0.29) is 0 Å². The minimum absolute atomic E-state index is 0.531. The first kappa shape index (κ1) is 11.2. The van der Waals surface area contributed by atoms with Crippen molar-refractivity contribution in [2.24, 2.45) is 5.92 Å². The Morgan fingerprint density at radius 1 is 1.33 bits per heavy atom. The van der Waals surface area contributed by atoms with Gasteiger partial charge in [-0.05, 0) is 50.3 Å². The number of thiophene rings is 1. The third-order valence-electron chi connectivity index (χ3n) is 3.02. The van der Waals surface area contributed by atoms with E-state index < -0.39 is 0 Å². The fourth-order valence-electron chi connectivity index (χ4n) is 2.08. The predicted molar refractivity (Wildman–Crippen MR) is 67.6 cm³/mol. The second-order valence-electron chi connectivity index (χ2n) is 4.97. The molecule has 0 aromatic carbocycles. The van der Waals surface area contributed by atoms with E-state index in [2.05, 4.69) is 32.2 Å². The van der Waals surface area contributed by atoms with Crippen LogP contribution in [0.3, 0.4) is 0 Å². The molecule has 1 atom stereocenters. The van der Waals surface area contributed by atoms with Crippen molar-refractivity contribution in [2.45, 2.75) is 46.1 Å². The van der Waals surface area contributed by atoms with Crippen LogP contribution < -0.4 is 5.32 Å². The minimum atomic E-state index is 0.531. The van der Waals surface area contributed by atoms with Gasteiger partial charge in [-0.25, -0.2) is 0 Å². The van der Waals surface area contributed by atoms with Gasteiger partial charge in [-0.2, -0.15) is 0 Å². The number of aryl methyl sites for hydroxylation is 2. The highest BCUT2D eigenvalue weighted by Gasteiger charge is 2.17. The Morgan fingerprint density at radius 3 is 2.80 bits per heavy atom. The molecule has 0 aliphatic heterocycles. The van der Waals surface area contributed by atoms with E-state index in [9.17, 15) is 0 Å². The van der Waals surface area contributed by atoms with E-state index >= 15 is 0 Å². The molecule has 84 valence electrons. The summed E-state index contributed by atoms with van der Waals surface area (Å²) < 4.78 is 0. The molecule has 1 aliphatic carbocycles. The highest BCUT2D eigenvalue weighted by Crippen LogP contribution is 2.33. The third-order valence-corrected chi connectivity index (χ3v) is 4.44. The number of fused-ring (bicyclic) bond motifs is 1. The molecule has 1 aliphatic rings. The Bertz CT molecular complexity index is 306. The van der Waals surface area contributed by atoms with E-state index in [1.54, 1.807) is 10.4 Å². The van der Waals surface area contributed by atoms with Gasteiger partial charge in [-0.3, -0.25) is 0 Å². The average Bonchev–Trinajstić information content (AvgIpc) is 2.72. The van der Waals surface area contributed by atoms with Gasteiger partial charge in [0, 0.05) is 15.8 Å². The summed E-state index contributed by atoms with van der Waals surface area (Å²) in [6, 6.07) is 2.95. The van der Waals surface area contributed by atoms with Gasteiger partial charge in [0.15, 0.2) is 0 Å². The van der Waals surface area contributed by atoms with Gasteiger partial charge in [0.05, 0.1) is 0 Å². The lowest BCUT2D eigenvalue weighted by molar-refractivity contribution is 0.500. The SMILES string of the molecule is CC(C)CNC(C)c1cc2c(s1)CCC2. The van der Waals surface area contributed by atoms with Gasteiger partial charge in [-0.1, -0.05) is 13.8 Å². The second-order valence-corrected chi connectivity index (χ2v) is 6.14. The van der Waals surface area contributed by atoms with E-state index in [0.717, 1.165) is 12.5 Å². The maximum absolute atomic E-state index is 3.60. The first-order valence-electron chi connectivity index (χ1n) is 6.01. The summed E-state index contributed by atoms with van der Waals surface area (Å²) in [7, 11) is 0. The highest BCUT2D eigenvalue weighted by molar-refractivity contribution is 7.12. The topological polar surface area (TPSA) is 12.0 Å². The Labute approximate surface area is 96.9 Å². The summed E-state index contributed by atoms with van der Waals surface area (Å²) in [6.07, 6.45) is 3.99. The van der Waals surface area contributed by atoms with Crippen LogP contribution in [0.4, 0.5) is 0 Å². The van der Waals surface area contributed by atoms with E-state index in [1.807, 2.05) is 11.3 Å². The first-order valence-corrected chi connectivity index (χ1v) is 6.83. The molecule has 15 heavy (non-hydrogen) atoms. The van der Waals surface area contributed by atoms with Crippen molar-refractivity contribution in [2.75, 3.05) is 6.54 Å². The van der Waals surface area contributed by atoms with Crippen molar-refractivity contribution in [3.8, 4) is 0 Å². The predicted octanol–water partition coefficient (Wildman–Crippen LogP) is 3.54. The van der Waals surface area contributed by atoms with Gasteiger partial charge in [0.25, 0.3) is 0 Å². The lowest BCUT2D eigenvalue weighted by Gasteiger charge is -2.13. The Kier molecular flexibility index (Phi) is 3.47. The molecule has 1 nitrogen and oxygen atoms in total. The molecule has 1 aromatic heterocycles. The zero-order chi connectivity index (χ0) is 10.8. The van der Waals surface area contributed by atoms with Crippen molar-refractivity contribution in [3.05, 3.63) is 21.4 Å². The van der Waals surface area contributed by atoms with Crippen molar-refractivity contribution in [1.82, 2.24) is 5.32 Å². The van der Waals surface area contributed by atoms with E-state index in [4.69, 9.17) is 0 Å². The van der Waals surface area contributed by atoms with E-state index in [1.165, 1.54) is 24.1 Å². The highest BCUT2D eigenvalue weighted by atomic mass is 32.1. The molecule has 0 bridgehead atoms. The largest absolute Gasteiger partial charge is 0.309 e. The lowest BCUT2D eigenvalue weighted by Crippen LogP contribution is -2.22. The molecule has 2 heteroatoms. The van der Waals surface area contributed by atoms with E-state index in [0.29, 0.717) is 6.04 Å². The standard InChI is InChI=1S/C13H21NS/c1-9(2)8-14-10(3)13-7-11-5-4-6-12(11)15-13/h7,9-10,14H,4-6,8H2,1-3H3. The molecule has 0 spiro atoms. The normalized spacial score (nSPS) is 17.1. The summed E-state index contributed by atoms with van der Waals surface area (Å²) in [5.74, 6) is 0.735. The Hall–Kier alpha value is -0.340. The third kappa shape index (κ3) is 2.61. The van der Waals surface area contributed by atoms with Crippen LogP contribution in [0.15, 0.2) is 6.07 Å². The van der Waals surface area contributed by atoms with Crippen LogP contribution in [0.5, 0.6) is 0 Å². The van der Waals surface area contributed by atoms with Crippen LogP contribution >= 0.6 is 11.3 Å². The number of nitrogens with one attached hydrogen (secondary N) is 1. The second kappa shape index (κ2) is 4.67. The fraction of sp³-hybridized carbons (Fsp3) is 0.692. The van der Waals surface area contributed by atoms with Crippen LogP contribution in [0.25, 0.3) is 0 Å². The summed E-state index contributed by atoms with van der Waals surface area (Å²) in [4.78, 5) is 3.17. The van der Waals surface area contributed by atoms with Crippen molar-refractivity contribution >= 4 is 11.3 Å². The van der Waals surface area contributed by atoms with Gasteiger partial charge in [-0.15, -0.1) is 11.3 Å². The zero-order valence-corrected chi connectivity index (χ0v) is 10.8. The quantitative estimate of drug-likeness (QED) is 0.823. The van der Waals surface area contributed by atoms with Crippen LogP contribution in [0.2, 0.25) is 0 Å². The summed E-state index contributed by atoms with van der Waals surface area (Å²) in [5, 5.41) is 3.60. The smallest absolute Gasteiger partial charge is 0.0386 e. The fourth-order valence-corrected chi connectivity index (χ4v) is 3.36. The maximum Gasteiger partial charge on any atom is 0.0386 e. The van der Waals surface area contributed by atoms with Gasteiger partial charge < -0.3 is 5.32 Å². The van der Waals surface area contributed by atoms with Gasteiger partial charge >= 0.3 is 0 Å². The van der Waals surface area contributed by atoms with Crippen LogP contribution in [0.1, 0.15) is 48.6 Å². The average molecular weight is 223 g/mol. The summed E-state index contributed by atoms with van der Waals surface area (Å²) >= 11 is 2.02. The molecular formula is C13H21NS. The van der Waals surface area contributed by atoms with Gasteiger partial charge in [0.2, 0.25) is 0 Å². The zero-order valence-electron chi connectivity index (χ0n) is 9.97. The van der Waals surface area contributed by atoms with Gasteiger partial charge in [0.1, 0.15) is 0 Å². The molecule has 1 aromatic rings. The van der Waals surface area contributed by atoms with Crippen molar-refractivity contribution < 1.29 is 0 Å². The summed E-state index contributed by atoms with van der Waals surface area (Å²) in [5.41, 5.74) is 1.62. The monoisotopic (exact) mass is 223 g/mol. The Balaban J connectivity index is 1.97. The molecular weight excluding hydrogens is 202 g/mol. The molecule has 1 N–H and O–H groups in total. The molecule has 1 unspecified atom stereocenters. The maximum atomic E-state index is 3.60. The number of hydrogen-bond acceptors (Lipinski definition) is 2. The van der Waals surface area contributed by atoms with Crippen LogP contribution in [0, 0.1) is 5.92 Å². The molecule has 2 rings (SSSR count). The number of hydrogen-bond donors (Lipinski definition) is 1. The summed E-state index contributed by atoms with van der Waals surface area (Å²) in [6.45, 7) is 7.91. The minimum Gasteiger partial charge on any atom is -0.309 e. The molecule has 0 radical (unpaired) electrons. The lowest BCUT2D eigenvalue weighted by atomic mass is 10.2. The molecule has 0 fully saturated rings. The molecule has 1 heterocycles. The number of rotatable bonds is 4. The molecule has 0 saturated carbocycles. The van der Waals surface area contributed by atoms with Crippen LogP contribution in [-0.4, -0.2) is 6.54 Å². The van der Waals surface area contributed by atoms with Crippen molar-refractivity contribution in [3.63, 3.8) is 0 Å². The molecule has 0 amide bonds. The van der Waals surface area contributed by atoms with Crippen molar-refractivity contribution in [1.29, 1.82) is 0 Å². The molecule has 0 saturated heterocycles. The van der Waals surface area contributed by atoms with Crippen LogP contribution in [-0.2, 0) is 12.8 Å².